The van der Waals surface area contributed by atoms with Crippen LogP contribution >= 0.6 is 0 Å². The van der Waals surface area contributed by atoms with Gasteiger partial charge in [-0.1, -0.05) is 51.1 Å². The van der Waals surface area contributed by atoms with E-state index in [9.17, 15) is 5.11 Å². The molecule has 2 unspecified atom stereocenters. The summed E-state index contributed by atoms with van der Waals surface area (Å²) in [5.41, 5.74) is 1.27. The fourth-order valence-electron chi connectivity index (χ4n) is 2.33. The zero-order valence-electron chi connectivity index (χ0n) is 13.7. The van der Waals surface area contributed by atoms with E-state index in [1.807, 2.05) is 18.2 Å². The van der Waals surface area contributed by atoms with Gasteiger partial charge in [0.2, 0.25) is 0 Å². The summed E-state index contributed by atoms with van der Waals surface area (Å²) in [7, 11) is 0. The highest BCUT2D eigenvalue weighted by Crippen LogP contribution is 2.15. The van der Waals surface area contributed by atoms with Gasteiger partial charge in [-0.05, 0) is 30.7 Å². The molecule has 0 aromatic heterocycles. The van der Waals surface area contributed by atoms with E-state index in [0.717, 1.165) is 25.4 Å². The highest BCUT2D eigenvalue weighted by molar-refractivity contribution is 5.18. The maximum Gasteiger partial charge on any atom is 0.0897 e. The van der Waals surface area contributed by atoms with Crippen LogP contribution in [0.5, 0.6) is 0 Å². The van der Waals surface area contributed by atoms with Crippen molar-refractivity contribution in [2.45, 2.75) is 52.2 Å². The second-order valence-electron chi connectivity index (χ2n) is 6.04. The Morgan fingerprint density at radius 2 is 1.90 bits per heavy atom. The van der Waals surface area contributed by atoms with E-state index in [4.69, 9.17) is 4.74 Å². The lowest BCUT2D eigenvalue weighted by atomic mass is 10.0. The van der Waals surface area contributed by atoms with Gasteiger partial charge in [0.25, 0.3) is 0 Å². The maximum absolute atomic E-state index is 9.96. The van der Waals surface area contributed by atoms with Gasteiger partial charge >= 0.3 is 0 Å². The summed E-state index contributed by atoms with van der Waals surface area (Å²) < 4.78 is 5.53. The molecule has 0 heterocycles. The Bertz CT molecular complexity index is 353. The van der Waals surface area contributed by atoms with Gasteiger partial charge < -0.3 is 15.2 Å². The fraction of sp³-hybridized carbons (Fsp3) is 0.667. The molecule has 1 aromatic carbocycles. The second-order valence-corrected chi connectivity index (χ2v) is 6.04. The van der Waals surface area contributed by atoms with E-state index in [1.165, 1.54) is 12.0 Å². The molecule has 0 aliphatic carbocycles. The highest BCUT2D eigenvalue weighted by atomic mass is 16.5. The Morgan fingerprint density at radius 3 is 2.52 bits per heavy atom. The van der Waals surface area contributed by atoms with Crippen LogP contribution in [0.3, 0.4) is 0 Å². The molecule has 0 amide bonds. The molecule has 0 spiro atoms. The molecule has 0 saturated carbocycles. The lowest BCUT2D eigenvalue weighted by Gasteiger charge is -2.20. The molecule has 3 heteroatoms. The number of benzene rings is 1. The number of rotatable bonds is 11. The fourth-order valence-corrected chi connectivity index (χ4v) is 2.33. The van der Waals surface area contributed by atoms with Crippen molar-refractivity contribution in [3.8, 4) is 0 Å². The zero-order chi connectivity index (χ0) is 15.5. The molecule has 0 aliphatic rings. The molecular weight excluding hydrogens is 262 g/mol. The number of hydrogen-bond acceptors (Lipinski definition) is 3. The summed E-state index contributed by atoms with van der Waals surface area (Å²) in [4.78, 5) is 0. The summed E-state index contributed by atoms with van der Waals surface area (Å²) in [6.07, 6.45) is 2.81. The van der Waals surface area contributed by atoms with Crippen molar-refractivity contribution >= 4 is 0 Å². The van der Waals surface area contributed by atoms with E-state index in [0.29, 0.717) is 19.2 Å². The lowest BCUT2D eigenvalue weighted by Crippen LogP contribution is -2.33. The van der Waals surface area contributed by atoms with Crippen LogP contribution in [0.1, 0.15) is 51.6 Å². The lowest BCUT2D eigenvalue weighted by molar-refractivity contribution is 0.0334. The first-order valence-corrected chi connectivity index (χ1v) is 8.17. The van der Waals surface area contributed by atoms with E-state index in [-0.39, 0.29) is 0 Å². The first kappa shape index (κ1) is 18.1. The Kier molecular flexibility index (Phi) is 9.31. The zero-order valence-corrected chi connectivity index (χ0v) is 13.7. The van der Waals surface area contributed by atoms with Crippen LogP contribution in [0.2, 0.25) is 0 Å². The Balaban J connectivity index is 2.18. The van der Waals surface area contributed by atoms with Crippen molar-refractivity contribution in [2.75, 3.05) is 19.8 Å². The van der Waals surface area contributed by atoms with Crippen molar-refractivity contribution in [1.29, 1.82) is 0 Å². The van der Waals surface area contributed by atoms with Crippen molar-refractivity contribution in [2.24, 2.45) is 5.92 Å². The minimum Gasteiger partial charge on any atom is -0.389 e. The first-order chi connectivity index (χ1) is 10.1. The monoisotopic (exact) mass is 293 g/mol. The molecular formula is C18H31NO2. The van der Waals surface area contributed by atoms with E-state index in [2.05, 4.69) is 38.2 Å². The number of aliphatic hydroxyl groups excluding tert-OH is 1. The Labute approximate surface area is 129 Å². The van der Waals surface area contributed by atoms with Crippen LogP contribution in [0.15, 0.2) is 30.3 Å². The predicted octanol–water partition coefficient (Wildman–Crippen LogP) is 3.54. The minimum atomic E-state index is -0.443. The third kappa shape index (κ3) is 8.20. The van der Waals surface area contributed by atoms with E-state index < -0.39 is 6.10 Å². The average molecular weight is 293 g/mol. The van der Waals surface area contributed by atoms with Gasteiger partial charge in [-0.2, -0.15) is 0 Å². The Hall–Kier alpha value is -0.900. The predicted molar refractivity (Wildman–Crippen MR) is 88.4 cm³/mol. The van der Waals surface area contributed by atoms with Gasteiger partial charge in [0.1, 0.15) is 0 Å². The van der Waals surface area contributed by atoms with Crippen LogP contribution in [0, 0.1) is 5.92 Å². The molecule has 1 aromatic rings. The molecule has 1 rings (SSSR count). The third-order valence-electron chi connectivity index (χ3n) is 3.59. The molecule has 0 aliphatic heterocycles. The third-order valence-corrected chi connectivity index (χ3v) is 3.59. The molecule has 0 bridgehead atoms. The van der Waals surface area contributed by atoms with E-state index in [1.54, 1.807) is 0 Å². The summed E-state index contributed by atoms with van der Waals surface area (Å²) >= 11 is 0. The normalized spacial score (nSPS) is 14.3. The van der Waals surface area contributed by atoms with Gasteiger partial charge in [0.05, 0.1) is 12.7 Å². The standard InChI is InChI=1S/C18H31NO2/c1-4-18(16-10-6-5-7-11-16)19-13-17(20)14-21-12-8-9-15(2)3/h5-7,10-11,15,17-20H,4,8-9,12-14H2,1-3H3. The van der Waals surface area contributed by atoms with Crippen molar-refractivity contribution < 1.29 is 9.84 Å². The molecule has 2 N–H and O–H groups in total. The van der Waals surface area contributed by atoms with Crippen LogP contribution in [-0.4, -0.2) is 31.0 Å². The smallest absolute Gasteiger partial charge is 0.0897 e. The average Bonchev–Trinajstić information content (AvgIpc) is 2.48. The van der Waals surface area contributed by atoms with Gasteiger partial charge in [-0.3, -0.25) is 0 Å². The van der Waals surface area contributed by atoms with Gasteiger partial charge in [-0.15, -0.1) is 0 Å². The van der Waals surface area contributed by atoms with Gasteiger partial charge in [0.15, 0.2) is 0 Å². The number of aliphatic hydroxyl groups is 1. The number of ether oxygens (including phenoxy) is 1. The molecule has 2 atom stereocenters. The maximum atomic E-state index is 9.96. The first-order valence-electron chi connectivity index (χ1n) is 8.17. The van der Waals surface area contributed by atoms with Gasteiger partial charge in [0, 0.05) is 19.2 Å². The van der Waals surface area contributed by atoms with Crippen molar-refractivity contribution in [3.63, 3.8) is 0 Å². The van der Waals surface area contributed by atoms with Crippen LogP contribution in [-0.2, 0) is 4.74 Å². The molecule has 0 saturated heterocycles. The number of nitrogens with one attached hydrogen (secondary N) is 1. The van der Waals surface area contributed by atoms with Crippen molar-refractivity contribution in [3.05, 3.63) is 35.9 Å². The van der Waals surface area contributed by atoms with Crippen LogP contribution in [0.25, 0.3) is 0 Å². The van der Waals surface area contributed by atoms with E-state index >= 15 is 0 Å². The molecule has 0 radical (unpaired) electrons. The molecule has 120 valence electrons. The molecule has 3 nitrogen and oxygen atoms in total. The second kappa shape index (κ2) is 10.8. The van der Waals surface area contributed by atoms with Crippen molar-refractivity contribution in [1.82, 2.24) is 5.32 Å². The molecule has 0 fully saturated rings. The quantitative estimate of drug-likeness (QED) is 0.613. The van der Waals surface area contributed by atoms with Crippen LogP contribution < -0.4 is 5.32 Å². The minimum absolute atomic E-state index is 0.293. The number of hydrogen-bond donors (Lipinski definition) is 2. The summed E-state index contributed by atoms with van der Waals surface area (Å²) in [5, 5.41) is 13.4. The molecule has 21 heavy (non-hydrogen) atoms. The summed E-state index contributed by atoms with van der Waals surface area (Å²) in [5.74, 6) is 0.719. The Morgan fingerprint density at radius 1 is 1.19 bits per heavy atom. The largest absolute Gasteiger partial charge is 0.389 e. The topological polar surface area (TPSA) is 41.5 Å². The van der Waals surface area contributed by atoms with Crippen LogP contribution in [0.4, 0.5) is 0 Å². The summed E-state index contributed by atoms with van der Waals surface area (Å²) in [6.45, 7) is 8.30. The summed E-state index contributed by atoms with van der Waals surface area (Å²) in [6, 6.07) is 10.7. The highest BCUT2D eigenvalue weighted by Gasteiger charge is 2.11. The SMILES string of the molecule is CCC(NCC(O)COCCCC(C)C)c1ccccc1. The van der Waals surface area contributed by atoms with Gasteiger partial charge in [-0.25, -0.2) is 0 Å².